The van der Waals surface area contributed by atoms with Gasteiger partial charge in [-0.15, -0.1) is 0 Å². The number of nitrogens with zero attached hydrogens (tertiary/aromatic N) is 2. The number of aromatic nitrogens is 2. The van der Waals surface area contributed by atoms with Crippen LogP contribution in [0.15, 0.2) is 6.07 Å². The number of aryl methyl sites for hydroxylation is 1. The van der Waals surface area contributed by atoms with Crippen molar-refractivity contribution in [3.05, 3.63) is 11.8 Å². The van der Waals surface area contributed by atoms with Gasteiger partial charge in [-0.05, 0) is 26.7 Å². The van der Waals surface area contributed by atoms with Crippen LogP contribution in [0, 0.1) is 6.92 Å². The highest BCUT2D eigenvalue weighted by atomic mass is 16.5. The Labute approximate surface area is 104 Å². The van der Waals surface area contributed by atoms with E-state index in [2.05, 4.69) is 36.1 Å². The van der Waals surface area contributed by atoms with Gasteiger partial charge in [-0.3, -0.25) is 0 Å². The van der Waals surface area contributed by atoms with Gasteiger partial charge >= 0.3 is 0 Å². The van der Waals surface area contributed by atoms with Crippen LogP contribution in [0.2, 0.25) is 0 Å². The zero-order valence-electron chi connectivity index (χ0n) is 11.3. The van der Waals surface area contributed by atoms with E-state index in [4.69, 9.17) is 4.74 Å². The zero-order chi connectivity index (χ0) is 12.7. The summed E-state index contributed by atoms with van der Waals surface area (Å²) in [6.07, 6.45) is 3.42. The first kappa shape index (κ1) is 13.7. The minimum Gasteiger partial charge on any atom is -0.475 e. The second-order valence-electron chi connectivity index (χ2n) is 4.32. The van der Waals surface area contributed by atoms with E-state index in [-0.39, 0.29) is 6.10 Å². The molecule has 96 valence electrons. The molecule has 0 bridgehead atoms. The Morgan fingerprint density at radius 2 is 2.06 bits per heavy atom. The van der Waals surface area contributed by atoms with Gasteiger partial charge in [-0.1, -0.05) is 20.3 Å². The minimum absolute atomic E-state index is 0.202. The molecule has 0 spiro atoms. The molecule has 0 fully saturated rings. The quantitative estimate of drug-likeness (QED) is 0.791. The molecular formula is C13H23N3O. The second kappa shape index (κ2) is 7.09. The SMILES string of the molecule is CCCNc1nc(C)cc(OC(C)CCC)n1. The highest BCUT2D eigenvalue weighted by molar-refractivity contribution is 5.30. The molecular weight excluding hydrogens is 214 g/mol. The average molecular weight is 237 g/mol. The fourth-order valence-corrected chi connectivity index (χ4v) is 1.59. The van der Waals surface area contributed by atoms with Gasteiger partial charge in [0.05, 0.1) is 6.10 Å². The van der Waals surface area contributed by atoms with E-state index in [1.807, 2.05) is 13.0 Å². The minimum atomic E-state index is 0.202. The van der Waals surface area contributed by atoms with Crippen LogP contribution in [0.5, 0.6) is 5.88 Å². The van der Waals surface area contributed by atoms with Crippen LogP contribution >= 0.6 is 0 Å². The standard InChI is InChI=1S/C13H23N3O/c1-5-7-11(4)17-12-9-10(3)15-13(16-12)14-8-6-2/h9,11H,5-8H2,1-4H3,(H,14,15,16). The van der Waals surface area contributed by atoms with Gasteiger partial charge in [0.25, 0.3) is 0 Å². The average Bonchev–Trinajstić information content (AvgIpc) is 2.25. The molecule has 1 aromatic rings. The van der Waals surface area contributed by atoms with Crippen LogP contribution in [0.3, 0.4) is 0 Å². The fraction of sp³-hybridized carbons (Fsp3) is 0.692. The molecule has 1 atom stereocenters. The Morgan fingerprint density at radius 3 is 2.71 bits per heavy atom. The highest BCUT2D eigenvalue weighted by Crippen LogP contribution is 2.15. The Bertz CT molecular complexity index is 341. The summed E-state index contributed by atoms with van der Waals surface area (Å²) in [5.41, 5.74) is 0.928. The topological polar surface area (TPSA) is 47.0 Å². The maximum Gasteiger partial charge on any atom is 0.226 e. The summed E-state index contributed by atoms with van der Waals surface area (Å²) >= 11 is 0. The Morgan fingerprint density at radius 1 is 1.29 bits per heavy atom. The summed E-state index contributed by atoms with van der Waals surface area (Å²) in [7, 11) is 0. The summed E-state index contributed by atoms with van der Waals surface area (Å²) in [4.78, 5) is 8.67. The van der Waals surface area contributed by atoms with E-state index in [1.165, 1.54) is 0 Å². The molecule has 1 N–H and O–H groups in total. The second-order valence-corrected chi connectivity index (χ2v) is 4.32. The van der Waals surface area contributed by atoms with E-state index in [1.54, 1.807) is 0 Å². The van der Waals surface area contributed by atoms with Crippen molar-refractivity contribution in [2.75, 3.05) is 11.9 Å². The van der Waals surface area contributed by atoms with Gasteiger partial charge in [-0.2, -0.15) is 4.98 Å². The van der Waals surface area contributed by atoms with Gasteiger partial charge in [0, 0.05) is 18.3 Å². The van der Waals surface area contributed by atoms with Crippen molar-refractivity contribution < 1.29 is 4.74 Å². The lowest BCUT2D eigenvalue weighted by Gasteiger charge is -2.14. The molecule has 0 saturated carbocycles. The Balaban J connectivity index is 2.67. The number of ether oxygens (including phenoxy) is 1. The molecule has 0 radical (unpaired) electrons. The molecule has 1 rings (SSSR count). The molecule has 17 heavy (non-hydrogen) atoms. The lowest BCUT2D eigenvalue weighted by atomic mass is 10.2. The molecule has 0 aliphatic carbocycles. The van der Waals surface area contributed by atoms with E-state index in [0.29, 0.717) is 11.8 Å². The van der Waals surface area contributed by atoms with Crippen LogP contribution in [0.25, 0.3) is 0 Å². The van der Waals surface area contributed by atoms with E-state index in [0.717, 1.165) is 31.5 Å². The molecule has 0 aromatic carbocycles. The number of nitrogens with one attached hydrogen (secondary N) is 1. The maximum atomic E-state index is 5.77. The molecule has 1 aromatic heterocycles. The van der Waals surface area contributed by atoms with Crippen LogP contribution in [0.1, 0.15) is 45.7 Å². The van der Waals surface area contributed by atoms with E-state index >= 15 is 0 Å². The Kier molecular flexibility index (Phi) is 5.73. The van der Waals surface area contributed by atoms with E-state index in [9.17, 15) is 0 Å². The van der Waals surface area contributed by atoms with Crippen molar-refractivity contribution in [2.45, 2.75) is 53.1 Å². The predicted octanol–water partition coefficient (Wildman–Crippen LogP) is 3.17. The van der Waals surface area contributed by atoms with Crippen LogP contribution < -0.4 is 10.1 Å². The predicted molar refractivity (Wildman–Crippen MR) is 70.5 cm³/mol. The van der Waals surface area contributed by atoms with Crippen molar-refractivity contribution in [3.63, 3.8) is 0 Å². The number of anilines is 1. The summed E-state index contributed by atoms with van der Waals surface area (Å²) in [6.45, 7) is 9.17. The number of hydrogen-bond donors (Lipinski definition) is 1. The highest BCUT2D eigenvalue weighted by Gasteiger charge is 2.06. The molecule has 4 heteroatoms. The third-order valence-corrected chi connectivity index (χ3v) is 2.38. The molecule has 4 nitrogen and oxygen atoms in total. The molecule has 0 aliphatic heterocycles. The van der Waals surface area contributed by atoms with Gasteiger partial charge in [0.15, 0.2) is 0 Å². The zero-order valence-corrected chi connectivity index (χ0v) is 11.3. The molecule has 0 aliphatic rings. The van der Waals surface area contributed by atoms with Gasteiger partial charge < -0.3 is 10.1 Å². The van der Waals surface area contributed by atoms with Crippen LogP contribution in [0.4, 0.5) is 5.95 Å². The summed E-state index contributed by atoms with van der Waals surface area (Å²) in [5.74, 6) is 1.32. The summed E-state index contributed by atoms with van der Waals surface area (Å²) in [6, 6.07) is 1.88. The molecule has 0 saturated heterocycles. The monoisotopic (exact) mass is 237 g/mol. The summed E-state index contributed by atoms with van der Waals surface area (Å²) < 4.78 is 5.77. The van der Waals surface area contributed by atoms with Crippen LogP contribution in [-0.2, 0) is 0 Å². The van der Waals surface area contributed by atoms with Gasteiger partial charge in [0.1, 0.15) is 0 Å². The van der Waals surface area contributed by atoms with Crippen molar-refractivity contribution in [1.29, 1.82) is 0 Å². The first-order valence-electron chi connectivity index (χ1n) is 6.41. The van der Waals surface area contributed by atoms with Gasteiger partial charge in [-0.25, -0.2) is 4.98 Å². The third-order valence-electron chi connectivity index (χ3n) is 2.38. The molecule has 1 heterocycles. The largest absolute Gasteiger partial charge is 0.475 e. The molecule has 1 unspecified atom stereocenters. The number of hydrogen-bond acceptors (Lipinski definition) is 4. The Hall–Kier alpha value is -1.32. The number of rotatable bonds is 7. The van der Waals surface area contributed by atoms with Gasteiger partial charge in [0.2, 0.25) is 11.8 Å². The smallest absolute Gasteiger partial charge is 0.226 e. The van der Waals surface area contributed by atoms with E-state index < -0.39 is 0 Å². The normalized spacial score (nSPS) is 12.2. The first-order valence-corrected chi connectivity index (χ1v) is 6.41. The first-order chi connectivity index (χ1) is 8.15. The van der Waals surface area contributed by atoms with Crippen molar-refractivity contribution in [3.8, 4) is 5.88 Å². The lowest BCUT2D eigenvalue weighted by molar-refractivity contribution is 0.201. The van der Waals surface area contributed by atoms with Crippen molar-refractivity contribution in [2.24, 2.45) is 0 Å². The van der Waals surface area contributed by atoms with Crippen LogP contribution in [-0.4, -0.2) is 22.6 Å². The lowest BCUT2D eigenvalue weighted by Crippen LogP contribution is -2.13. The van der Waals surface area contributed by atoms with Crippen molar-refractivity contribution >= 4 is 5.95 Å². The third kappa shape index (κ3) is 5.02. The molecule has 0 amide bonds. The fourth-order valence-electron chi connectivity index (χ4n) is 1.59. The maximum absolute atomic E-state index is 5.77. The summed E-state index contributed by atoms with van der Waals surface area (Å²) in [5, 5.41) is 3.18. The van der Waals surface area contributed by atoms with Crippen molar-refractivity contribution in [1.82, 2.24) is 9.97 Å².